The van der Waals surface area contributed by atoms with E-state index < -0.39 is 29.9 Å². The lowest BCUT2D eigenvalue weighted by molar-refractivity contribution is -0.134. The van der Waals surface area contributed by atoms with E-state index in [1.165, 1.54) is 13.0 Å². The number of amides is 4. The predicted molar refractivity (Wildman–Crippen MR) is 108 cm³/mol. The molecule has 0 spiro atoms. The van der Waals surface area contributed by atoms with Gasteiger partial charge in [0.2, 0.25) is 12.7 Å². The fourth-order valence-corrected chi connectivity index (χ4v) is 3.97. The van der Waals surface area contributed by atoms with Crippen molar-refractivity contribution >= 4 is 41.0 Å². The minimum Gasteiger partial charge on any atom is -0.454 e. The first kappa shape index (κ1) is 20.3. The summed E-state index contributed by atoms with van der Waals surface area (Å²) in [6, 6.07) is 9.27. The molecule has 2 N–H and O–H groups in total. The molecule has 1 fully saturated rings. The normalized spacial score (nSPS) is 19.8. The fourth-order valence-electron chi connectivity index (χ4n) is 3.37. The average molecular weight is 450 g/mol. The first-order valence-electron chi connectivity index (χ1n) is 9.03. The number of rotatable bonds is 5. The van der Waals surface area contributed by atoms with Crippen LogP contribution in [0.5, 0.6) is 11.5 Å². The van der Waals surface area contributed by atoms with Crippen LogP contribution in [0.25, 0.3) is 0 Å². The van der Waals surface area contributed by atoms with Crippen LogP contribution in [0, 0.1) is 0 Å². The number of carbonyl (C=O) groups excluding carboxylic acids is 3. The van der Waals surface area contributed by atoms with Crippen molar-refractivity contribution in [3.63, 3.8) is 0 Å². The number of imide groups is 1. The monoisotopic (exact) mass is 449 g/mol. The van der Waals surface area contributed by atoms with Gasteiger partial charge in [-0.25, -0.2) is 4.79 Å². The summed E-state index contributed by atoms with van der Waals surface area (Å²) in [6.45, 7) is 1.48. The molecule has 1 atom stereocenters. The molecule has 2 aliphatic rings. The molecule has 2 aliphatic heterocycles. The molecule has 2 aromatic carbocycles. The van der Waals surface area contributed by atoms with E-state index >= 15 is 0 Å². The van der Waals surface area contributed by atoms with Crippen LogP contribution in [0.4, 0.5) is 4.79 Å². The van der Waals surface area contributed by atoms with Gasteiger partial charge in [0.15, 0.2) is 11.5 Å². The molecule has 0 aromatic heterocycles. The topological polar surface area (TPSA) is 97.0 Å². The number of benzene rings is 2. The first-order valence-corrected chi connectivity index (χ1v) is 9.78. The predicted octanol–water partition coefficient (Wildman–Crippen LogP) is 2.81. The number of ether oxygens (including phenoxy) is 2. The van der Waals surface area contributed by atoms with Crippen molar-refractivity contribution in [3.05, 3.63) is 57.6 Å². The summed E-state index contributed by atoms with van der Waals surface area (Å²) in [4.78, 5) is 38.6. The van der Waals surface area contributed by atoms with Crippen LogP contribution in [0.15, 0.2) is 36.4 Å². The van der Waals surface area contributed by atoms with Gasteiger partial charge in [0.25, 0.3) is 5.91 Å². The maximum Gasteiger partial charge on any atom is 0.325 e. The summed E-state index contributed by atoms with van der Waals surface area (Å²) in [5.41, 5.74) is -0.200. The minimum absolute atomic E-state index is 0.160. The van der Waals surface area contributed by atoms with E-state index in [1.807, 2.05) is 0 Å². The summed E-state index contributed by atoms with van der Waals surface area (Å²) in [5, 5.41) is 5.95. The smallest absolute Gasteiger partial charge is 0.325 e. The molecule has 4 amide bonds. The Morgan fingerprint density at radius 1 is 1.17 bits per heavy atom. The Kier molecular flexibility index (Phi) is 5.21. The van der Waals surface area contributed by atoms with Crippen LogP contribution in [0.3, 0.4) is 0 Å². The SMILES string of the molecule is CC1(c2ccc(Cl)cc2Cl)NC(=O)N(CC(=O)NCc2ccc3c(c2)OCO3)C1=O. The summed E-state index contributed by atoms with van der Waals surface area (Å²) in [7, 11) is 0. The van der Waals surface area contributed by atoms with Crippen molar-refractivity contribution in [1.29, 1.82) is 0 Å². The standard InChI is InChI=1S/C20H17Cl2N3O5/c1-20(13-4-3-12(21)7-14(13)22)18(27)25(19(28)24-20)9-17(26)23-8-11-2-5-15-16(6-11)30-10-29-15/h2-7H,8-10H2,1H3,(H,23,26)(H,24,28). The van der Waals surface area contributed by atoms with Gasteiger partial charge in [0.1, 0.15) is 12.1 Å². The number of hydrogen-bond donors (Lipinski definition) is 2. The van der Waals surface area contributed by atoms with E-state index in [1.54, 1.807) is 30.3 Å². The minimum atomic E-state index is -1.39. The number of halogens is 2. The highest BCUT2D eigenvalue weighted by molar-refractivity contribution is 6.35. The average Bonchev–Trinajstić information content (AvgIpc) is 3.24. The maximum absolute atomic E-state index is 13.0. The van der Waals surface area contributed by atoms with Crippen molar-refractivity contribution in [3.8, 4) is 11.5 Å². The lowest BCUT2D eigenvalue weighted by Crippen LogP contribution is -2.43. The maximum atomic E-state index is 13.0. The summed E-state index contributed by atoms with van der Waals surface area (Å²) in [6.07, 6.45) is 0. The molecule has 4 rings (SSSR count). The largest absolute Gasteiger partial charge is 0.454 e. The summed E-state index contributed by atoms with van der Waals surface area (Å²) < 4.78 is 10.6. The zero-order valence-corrected chi connectivity index (χ0v) is 17.3. The third-order valence-electron chi connectivity index (χ3n) is 4.97. The van der Waals surface area contributed by atoms with E-state index in [0.717, 1.165) is 10.5 Å². The molecule has 0 saturated carbocycles. The fraction of sp³-hybridized carbons (Fsp3) is 0.250. The van der Waals surface area contributed by atoms with Gasteiger partial charge in [0, 0.05) is 22.2 Å². The van der Waals surface area contributed by atoms with Crippen molar-refractivity contribution in [1.82, 2.24) is 15.5 Å². The first-order chi connectivity index (χ1) is 14.3. The number of carbonyl (C=O) groups is 3. The summed E-state index contributed by atoms with van der Waals surface area (Å²) in [5.74, 6) is 0.189. The molecule has 0 radical (unpaired) electrons. The highest BCUT2D eigenvalue weighted by atomic mass is 35.5. The molecule has 0 bridgehead atoms. The lowest BCUT2D eigenvalue weighted by Gasteiger charge is -2.23. The van der Waals surface area contributed by atoms with Crippen molar-refractivity contribution in [2.75, 3.05) is 13.3 Å². The van der Waals surface area contributed by atoms with E-state index in [0.29, 0.717) is 22.1 Å². The third-order valence-corrected chi connectivity index (χ3v) is 5.52. The number of nitrogens with zero attached hydrogens (tertiary/aromatic N) is 1. The Bertz CT molecular complexity index is 1060. The molecule has 0 aliphatic carbocycles. The van der Waals surface area contributed by atoms with Gasteiger partial charge in [-0.05, 0) is 36.8 Å². The van der Waals surface area contributed by atoms with Crippen LogP contribution in [-0.2, 0) is 21.7 Å². The van der Waals surface area contributed by atoms with Gasteiger partial charge in [-0.1, -0.05) is 35.3 Å². The van der Waals surface area contributed by atoms with Crippen LogP contribution >= 0.6 is 23.2 Å². The Morgan fingerprint density at radius 3 is 2.70 bits per heavy atom. The number of hydrogen-bond acceptors (Lipinski definition) is 5. The Labute approximate surface area is 182 Å². The number of fused-ring (bicyclic) bond motifs is 1. The molecule has 8 nitrogen and oxygen atoms in total. The zero-order chi connectivity index (χ0) is 21.5. The van der Waals surface area contributed by atoms with Gasteiger partial charge in [-0.2, -0.15) is 0 Å². The molecule has 2 aromatic rings. The van der Waals surface area contributed by atoms with Crippen LogP contribution in [0.2, 0.25) is 10.0 Å². The van der Waals surface area contributed by atoms with Gasteiger partial charge < -0.3 is 20.1 Å². The van der Waals surface area contributed by atoms with Crippen LogP contribution in [0.1, 0.15) is 18.1 Å². The molecular weight excluding hydrogens is 433 g/mol. The van der Waals surface area contributed by atoms with Crippen molar-refractivity contribution in [2.24, 2.45) is 0 Å². The zero-order valence-electron chi connectivity index (χ0n) is 15.8. The Balaban J connectivity index is 1.42. The second-order valence-corrected chi connectivity index (χ2v) is 7.88. The van der Waals surface area contributed by atoms with Crippen molar-refractivity contribution < 1.29 is 23.9 Å². The van der Waals surface area contributed by atoms with Gasteiger partial charge in [-0.15, -0.1) is 0 Å². The highest BCUT2D eigenvalue weighted by Gasteiger charge is 2.50. The second-order valence-electron chi connectivity index (χ2n) is 7.03. The third kappa shape index (κ3) is 3.64. The quantitative estimate of drug-likeness (QED) is 0.683. The molecular formula is C20H17Cl2N3O5. The molecule has 156 valence electrons. The summed E-state index contributed by atoms with van der Waals surface area (Å²) >= 11 is 12.1. The van der Waals surface area contributed by atoms with E-state index in [-0.39, 0.29) is 18.4 Å². The molecule has 1 unspecified atom stereocenters. The van der Waals surface area contributed by atoms with E-state index in [4.69, 9.17) is 32.7 Å². The molecule has 2 heterocycles. The molecule has 10 heteroatoms. The Hall–Kier alpha value is -2.97. The van der Waals surface area contributed by atoms with E-state index in [9.17, 15) is 14.4 Å². The van der Waals surface area contributed by atoms with Crippen molar-refractivity contribution in [2.45, 2.75) is 19.0 Å². The number of urea groups is 1. The lowest BCUT2D eigenvalue weighted by atomic mass is 9.92. The molecule has 30 heavy (non-hydrogen) atoms. The Morgan fingerprint density at radius 2 is 1.93 bits per heavy atom. The number of nitrogens with one attached hydrogen (secondary N) is 2. The second kappa shape index (κ2) is 7.70. The van der Waals surface area contributed by atoms with Crippen LogP contribution < -0.4 is 20.1 Å². The van der Waals surface area contributed by atoms with E-state index in [2.05, 4.69) is 10.6 Å². The van der Waals surface area contributed by atoms with Gasteiger partial charge >= 0.3 is 6.03 Å². The highest BCUT2D eigenvalue weighted by Crippen LogP contribution is 2.35. The van der Waals surface area contributed by atoms with Gasteiger partial charge in [0.05, 0.1) is 0 Å². The van der Waals surface area contributed by atoms with Gasteiger partial charge in [-0.3, -0.25) is 14.5 Å². The van der Waals surface area contributed by atoms with Crippen LogP contribution in [-0.4, -0.2) is 36.1 Å². The molecule has 1 saturated heterocycles.